The largest absolute Gasteiger partial charge is 0.394 e. The standard InChI is InChI=1S/C12H19NO/c1-9(2)10-6-4-5-7-11(10)12(8-14)13-3/h4-7,9,12-14H,8H2,1-3H3/t12-/m1/s1. The number of aliphatic hydroxyl groups is 1. The molecule has 14 heavy (non-hydrogen) atoms. The van der Waals surface area contributed by atoms with Gasteiger partial charge in [0.25, 0.3) is 0 Å². The van der Waals surface area contributed by atoms with Gasteiger partial charge in [0.05, 0.1) is 12.6 Å². The summed E-state index contributed by atoms with van der Waals surface area (Å²) in [4.78, 5) is 0. The zero-order valence-corrected chi connectivity index (χ0v) is 9.12. The van der Waals surface area contributed by atoms with Gasteiger partial charge in [-0.25, -0.2) is 0 Å². The third kappa shape index (κ3) is 2.34. The molecule has 0 amide bonds. The van der Waals surface area contributed by atoms with E-state index in [0.717, 1.165) is 0 Å². The molecule has 1 aromatic rings. The van der Waals surface area contributed by atoms with Crippen molar-refractivity contribution < 1.29 is 5.11 Å². The van der Waals surface area contributed by atoms with Crippen molar-refractivity contribution in [2.24, 2.45) is 0 Å². The number of hydrogen-bond donors (Lipinski definition) is 2. The van der Waals surface area contributed by atoms with Crippen molar-refractivity contribution in [1.29, 1.82) is 0 Å². The van der Waals surface area contributed by atoms with Crippen molar-refractivity contribution in [2.45, 2.75) is 25.8 Å². The quantitative estimate of drug-likeness (QED) is 0.767. The number of nitrogens with one attached hydrogen (secondary N) is 1. The van der Waals surface area contributed by atoms with E-state index in [9.17, 15) is 5.11 Å². The Labute approximate surface area is 86.0 Å². The highest BCUT2D eigenvalue weighted by atomic mass is 16.3. The first kappa shape index (κ1) is 11.2. The Morgan fingerprint density at radius 2 is 1.79 bits per heavy atom. The van der Waals surface area contributed by atoms with Gasteiger partial charge >= 0.3 is 0 Å². The van der Waals surface area contributed by atoms with Gasteiger partial charge in [-0.2, -0.15) is 0 Å². The lowest BCUT2D eigenvalue weighted by Gasteiger charge is -2.19. The van der Waals surface area contributed by atoms with Crippen LogP contribution in [0.1, 0.15) is 36.9 Å². The predicted octanol–water partition coefficient (Wildman–Crippen LogP) is 2.06. The van der Waals surface area contributed by atoms with Crippen LogP contribution < -0.4 is 5.32 Å². The molecule has 0 radical (unpaired) electrons. The molecule has 0 saturated heterocycles. The van der Waals surface area contributed by atoms with E-state index in [1.54, 1.807) is 0 Å². The molecule has 0 bridgehead atoms. The van der Waals surface area contributed by atoms with E-state index in [0.29, 0.717) is 5.92 Å². The molecule has 78 valence electrons. The molecule has 0 saturated carbocycles. The molecule has 0 aromatic heterocycles. The molecule has 0 aliphatic rings. The Morgan fingerprint density at radius 1 is 1.21 bits per heavy atom. The summed E-state index contributed by atoms with van der Waals surface area (Å²) in [6.07, 6.45) is 0. The lowest BCUT2D eigenvalue weighted by Crippen LogP contribution is -2.21. The average molecular weight is 193 g/mol. The second kappa shape index (κ2) is 5.13. The molecule has 0 spiro atoms. The van der Waals surface area contributed by atoms with E-state index < -0.39 is 0 Å². The summed E-state index contributed by atoms with van der Waals surface area (Å²) in [5, 5.41) is 12.3. The van der Waals surface area contributed by atoms with Crippen LogP contribution in [0.4, 0.5) is 0 Å². The average Bonchev–Trinajstić information content (AvgIpc) is 2.20. The Morgan fingerprint density at radius 3 is 2.21 bits per heavy atom. The van der Waals surface area contributed by atoms with Gasteiger partial charge in [-0.3, -0.25) is 0 Å². The molecule has 0 unspecified atom stereocenters. The van der Waals surface area contributed by atoms with Crippen LogP contribution in [0.3, 0.4) is 0 Å². The summed E-state index contributed by atoms with van der Waals surface area (Å²) in [5.74, 6) is 0.494. The van der Waals surface area contributed by atoms with Crippen molar-refractivity contribution in [1.82, 2.24) is 5.32 Å². The molecule has 2 nitrogen and oxygen atoms in total. The summed E-state index contributed by atoms with van der Waals surface area (Å²) in [6.45, 7) is 4.48. The number of rotatable bonds is 4. The zero-order valence-electron chi connectivity index (χ0n) is 9.12. The van der Waals surface area contributed by atoms with Gasteiger partial charge in [-0.1, -0.05) is 38.1 Å². The lowest BCUT2D eigenvalue weighted by atomic mass is 9.93. The van der Waals surface area contributed by atoms with Crippen molar-refractivity contribution in [3.05, 3.63) is 35.4 Å². The maximum absolute atomic E-state index is 9.22. The van der Waals surface area contributed by atoms with E-state index in [1.165, 1.54) is 11.1 Å². The molecule has 0 aliphatic heterocycles. The highest BCUT2D eigenvalue weighted by Gasteiger charge is 2.13. The van der Waals surface area contributed by atoms with Gasteiger partial charge in [0.15, 0.2) is 0 Å². The molecule has 1 rings (SSSR count). The van der Waals surface area contributed by atoms with Gasteiger partial charge in [0.2, 0.25) is 0 Å². The molecular formula is C12H19NO. The SMILES string of the molecule is CN[C@H](CO)c1ccccc1C(C)C. The van der Waals surface area contributed by atoms with Gasteiger partial charge in [-0.05, 0) is 24.1 Å². The molecule has 1 atom stereocenters. The minimum Gasteiger partial charge on any atom is -0.394 e. The zero-order chi connectivity index (χ0) is 10.6. The first-order valence-electron chi connectivity index (χ1n) is 5.07. The number of likely N-dealkylation sites (N-methyl/N-ethyl adjacent to an activating group) is 1. The van der Waals surface area contributed by atoms with Crippen LogP contribution in [0, 0.1) is 0 Å². The van der Waals surface area contributed by atoms with Crippen LogP contribution in [0.25, 0.3) is 0 Å². The van der Waals surface area contributed by atoms with Crippen LogP contribution in [0.2, 0.25) is 0 Å². The van der Waals surface area contributed by atoms with Crippen LogP contribution in [0.15, 0.2) is 24.3 Å². The van der Waals surface area contributed by atoms with Gasteiger partial charge in [-0.15, -0.1) is 0 Å². The molecular weight excluding hydrogens is 174 g/mol. The van der Waals surface area contributed by atoms with Gasteiger partial charge in [0.1, 0.15) is 0 Å². The highest BCUT2D eigenvalue weighted by Crippen LogP contribution is 2.24. The third-order valence-electron chi connectivity index (χ3n) is 2.52. The summed E-state index contributed by atoms with van der Waals surface area (Å²) < 4.78 is 0. The van der Waals surface area contributed by atoms with Crippen molar-refractivity contribution in [2.75, 3.05) is 13.7 Å². The first-order chi connectivity index (χ1) is 6.70. The van der Waals surface area contributed by atoms with Crippen molar-refractivity contribution >= 4 is 0 Å². The summed E-state index contributed by atoms with van der Waals surface area (Å²) in [5.41, 5.74) is 2.51. The molecule has 0 aliphatic carbocycles. The Hall–Kier alpha value is -0.860. The number of benzene rings is 1. The Balaban J connectivity index is 3.05. The van der Waals surface area contributed by atoms with Gasteiger partial charge in [0, 0.05) is 0 Å². The van der Waals surface area contributed by atoms with Crippen LogP contribution in [0.5, 0.6) is 0 Å². The van der Waals surface area contributed by atoms with E-state index in [2.05, 4.69) is 31.3 Å². The summed E-state index contributed by atoms with van der Waals surface area (Å²) in [7, 11) is 1.87. The number of hydrogen-bond acceptors (Lipinski definition) is 2. The summed E-state index contributed by atoms with van der Waals surface area (Å²) >= 11 is 0. The second-order valence-electron chi connectivity index (χ2n) is 3.81. The topological polar surface area (TPSA) is 32.3 Å². The molecule has 0 heterocycles. The predicted molar refractivity (Wildman–Crippen MR) is 59.4 cm³/mol. The third-order valence-corrected chi connectivity index (χ3v) is 2.52. The van der Waals surface area contributed by atoms with Crippen molar-refractivity contribution in [3.8, 4) is 0 Å². The number of aliphatic hydroxyl groups excluding tert-OH is 1. The fraction of sp³-hybridized carbons (Fsp3) is 0.500. The minimum atomic E-state index is 0.0496. The fourth-order valence-corrected chi connectivity index (χ4v) is 1.70. The van der Waals surface area contributed by atoms with Crippen LogP contribution in [-0.2, 0) is 0 Å². The molecule has 2 N–H and O–H groups in total. The Bertz CT molecular complexity index is 279. The van der Waals surface area contributed by atoms with E-state index >= 15 is 0 Å². The second-order valence-corrected chi connectivity index (χ2v) is 3.81. The maximum atomic E-state index is 9.22. The first-order valence-corrected chi connectivity index (χ1v) is 5.07. The van der Waals surface area contributed by atoms with E-state index in [1.807, 2.05) is 19.2 Å². The fourth-order valence-electron chi connectivity index (χ4n) is 1.70. The lowest BCUT2D eigenvalue weighted by molar-refractivity contribution is 0.250. The Kier molecular flexibility index (Phi) is 4.11. The molecule has 1 aromatic carbocycles. The highest BCUT2D eigenvalue weighted by molar-refractivity contribution is 5.32. The molecule has 0 fully saturated rings. The van der Waals surface area contributed by atoms with E-state index in [-0.39, 0.29) is 12.6 Å². The smallest absolute Gasteiger partial charge is 0.0626 e. The monoisotopic (exact) mass is 193 g/mol. The van der Waals surface area contributed by atoms with Gasteiger partial charge < -0.3 is 10.4 Å². The van der Waals surface area contributed by atoms with Crippen molar-refractivity contribution in [3.63, 3.8) is 0 Å². The van der Waals surface area contributed by atoms with E-state index in [4.69, 9.17) is 0 Å². The normalized spacial score (nSPS) is 13.2. The maximum Gasteiger partial charge on any atom is 0.0626 e. The summed E-state index contributed by atoms with van der Waals surface area (Å²) in [6, 6.07) is 8.31. The van der Waals surface area contributed by atoms with Crippen LogP contribution in [-0.4, -0.2) is 18.8 Å². The molecule has 2 heteroatoms. The van der Waals surface area contributed by atoms with Crippen LogP contribution >= 0.6 is 0 Å². The minimum absolute atomic E-state index is 0.0496.